The van der Waals surface area contributed by atoms with Crippen molar-refractivity contribution < 1.29 is 28.4 Å². The summed E-state index contributed by atoms with van der Waals surface area (Å²) in [4.78, 5) is 69.4. The van der Waals surface area contributed by atoms with Crippen LogP contribution in [0.3, 0.4) is 0 Å². The first-order valence-electron chi connectivity index (χ1n) is 11.0. The fourth-order valence-corrected chi connectivity index (χ4v) is 6.59. The molecule has 3 heterocycles. The summed E-state index contributed by atoms with van der Waals surface area (Å²) in [6.45, 7) is 0. The van der Waals surface area contributed by atoms with Crippen LogP contribution in [0.25, 0.3) is 0 Å². The van der Waals surface area contributed by atoms with Crippen LogP contribution in [-0.4, -0.2) is 59.0 Å². The van der Waals surface area contributed by atoms with Crippen molar-refractivity contribution in [1.29, 1.82) is 0 Å². The van der Waals surface area contributed by atoms with Crippen molar-refractivity contribution in [2.75, 3.05) is 14.1 Å². The van der Waals surface area contributed by atoms with E-state index in [1.165, 1.54) is 20.4 Å². The highest BCUT2D eigenvalue weighted by Crippen LogP contribution is 2.65. The Kier molecular flexibility index (Phi) is 3.95. The van der Waals surface area contributed by atoms with Crippen molar-refractivity contribution in [3.05, 3.63) is 72.2 Å². The molecule has 3 aliphatic carbocycles. The third kappa shape index (κ3) is 2.17. The second-order valence-corrected chi connectivity index (χ2v) is 9.38. The molecule has 172 valence electrons. The van der Waals surface area contributed by atoms with Gasteiger partial charge in [0.15, 0.2) is 0 Å². The number of hydrogen-bond acceptors (Lipinski definition) is 6. The van der Waals surface area contributed by atoms with Crippen LogP contribution in [0.4, 0.5) is 0 Å². The van der Waals surface area contributed by atoms with Crippen molar-refractivity contribution in [1.82, 2.24) is 15.1 Å². The fraction of sp³-hybridized carbons (Fsp3) is 0.320. The number of allylic oxidation sites excluding steroid dienone is 1. The predicted molar refractivity (Wildman–Crippen MR) is 116 cm³/mol. The van der Waals surface area contributed by atoms with E-state index in [2.05, 4.69) is 5.32 Å². The summed E-state index contributed by atoms with van der Waals surface area (Å²) in [7, 11) is 2.77. The lowest BCUT2D eigenvalue weighted by molar-refractivity contribution is -0.144. The van der Waals surface area contributed by atoms with Crippen LogP contribution >= 0.6 is 0 Å². The fourth-order valence-electron chi connectivity index (χ4n) is 6.59. The minimum atomic E-state index is -1.55. The third-order valence-corrected chi connectivity index (χ3v) is 8.06. The predicted octanol–water partition coefficient (Wildman–Crippen LogP) is 0.732. The zero-order chi connectivity index (χ0) is 24.0. The van der Waals surface area contributed by atoms with Gasteiger partial charge in [0, 0.05) is 19.7 Å². The van der Waals surface area contributed by atoms with E-state index in [1.54, 1.807) is 54.6 Å². The number of nitrogens with zero attached hydrogens (tertiary/aromatic N) is 2. The van der Waals surface area contributed by atoms with E-state index < -0.39 is 64.2 Å². The molecule has 5 aliphatic rings. The van der Waals surface area contributed by atoms with Gasteiger partial charge in [-0.1, -0.05) is 30.4 Å². The van der Waals surface area contributed by atoms with Crippen molar-refractivity contribution in [3.63, 3.8) is 0 Å². The van der Waals surface area contributed by atoms with Gasteiger partial charge >= 0.3 is 0 Å². The molecule has 34 heavy (non-hydrogen) atoms. The van der Waals surface area contributed by atoms with Gasteiger partial charge in [-0.3, -0.25) is 33.8 Å². The number of likely N-dealkylation sites (tertiary alicyclic amines) is 2. The van der Waals surface area contributed by atoms with Gasteiger partial charge in [-0.2, -0.15) is 0 Å². The van der Waals surface area contributed by atoms with E-state index in [4.69, 9.17) is 4.42 Å². The Hall–Kier alpha value is -4.01. The maximum Gasteiger partial charge on any atom is 0.252 e. The summed E-state index contributed by atoms with van der Waals surface area (Å²) in [5.74, 6) is -6.28. The molecule has 6 atom stereocenters. The number of amides is 5. The maximum absolute atomic E-state index is 13.5. The molecule has 7 rings (SSSR count). The average Bonchev–Trinajstić information content (AvgIpc) is 3.54. The Balaban J connectivity index is 1.63. The zero-order valence-electron chi connectivity index (χ0n) is 18.4. The van der Waals surface area contributed by atoms with Crippen molar-refractivity contribution in [3.8, 4) is 0 Å². The van der Waals surface area contributed by atoms with E-state index in [0.29, 0.717) is 11.3 Å². The molecule has 1 aromatic heterocycles. The first-order valence-corrected chi connectivity index (χ1v) is 11.0. The number of rotatable bonds is 3. The summed E-state index contributed by atoms with van der Waals surface area (Å²) in [6, 6.07) is 11.7. The van der Waals surface area contributed by atoms with E-state index in [9.17, 15) is 24.0 Å². The Bertz CT molecular complexity index is 1250. The van der Waals surface area contributed by atoms with Crippen LogP contribution in [-0.2, 0) is 24.6 Å². The SMILES string of the molecule is CN1C(=O)[C@@H]2[C@H](C1=O)C1(NC(=O)c3ccccc3)C=CC2(c2ccco2)[C@H]2C(=O)N(C)C(=O)[C@H]21. The number of furan rings is 1. The van der Waals surface area contributed by atoms with Crippen molar-refractivity contribution in [2.24, 2.45) is 23.7 Å². The number of imide groups is 2. The van der Waals surface area contributed by atoms with Gasteiger partial charge < -0.3 is 9.73 Å². The lowest BCUT2D eigenvalue weighted by atomic mass is 9.43. The average molecular weight is 459 g/mol. The van der Waals surface area contributed by atoms with Gasteiger partial charge in [-0.15, -0.1) is 0 Å². The number of carbonyl (C=O) groups is 5. The zero-order valence-corrected chi connectivity index (χ0v) is 18.4. The molecule has 2 bridgehead atoms. The molecular weight excluding hydrogens is 438 g/mol. The number of hydrogen-bond donors (Lipinski definition) is 1. The second kappa shape index (κ2) is 6.53. The van der Waals surface area contributed by atoms with Crippen molar-refractivity contribution >= 4 is 29.5 Å². The van der Waals surface area contributed by atoms with Crippen LogP contribution in [0.15, 0.2) is 65.3 Å². The second-order valence-electron chi connectivity index (χ2n) is 9.38. The summed E-state index contributed by atoms with van der Waals surface area (Å²) < 4.78 is 5.73. The number of benzene rings is 1. The topological polar surface area (TPSA) is 117 Å². The summed E-state index contributed by atoms with van der Waals surface area (Å²) >= 11 is 0. The van der Waals surface area contributed by atoms with Gasteiger partial charge in [0.05, 0.1) is 40.9 Å². The molecule has 1 saturated carbocycles. The van der Waals surface area contributed by atoms with E-state index >= 15 is 0 Å². The highest BCUT2D eigenvalue weighted by atomic mass is 16.3. The standard InChI is InChI=1S/C25H21N3O6/c1-27-20(30)15-17(22(27)32)25(26-19(29)13-7-4-3-5-8-13)11-10-24(15,14-9-6-12-34-14)16-18(25)23(33)28(2)21(16)31/h3-12,15-18H,1-2H3,(H,26,29)/t15-,16+,17+,18-,24?,25?. The molecule has 2 aromatic rings. The van der Waals surface area contributed by atoms with Crippen LogP contribution < -0.4 is 5.32 Å². The van der Waals surface area contributed by atoms with E-state index in [-0.39, 0.29) is 0 Å². The van der Waals surface area contributed by atoms with Gasteiger partial charge in [0.25, 0.3) is 5.91 Å². The minimum absolute atomic E-state index is 0.335. The molecule has 5 amide bonds. The summed E-state index contributed by atoms with van der Waals surface area (Å²) in [6.07, 6.45) is 4.76. The molecule has 2 aliphatic heterocycles. The minimum Gasteiger partial charge on any atom is -0.468 e. The Morgan fingerprint density at radius 1 is 0.794 bits per heavy atom. The van der Waals surface area contributed by atoms with E-state index in [1.807, 2.05) is 0 Å². The summed E-state index contributed by atoms with van der Waals surface area (Å²) in [5, 5.41) is 2.93. The highest BCUT2D eigenvalue weighted by Gasteiger charge is 2.80. The lowest BCUT2D eigenvalue weighted by Gasteiger charge is -2.58. The van der Waals surface area contributed by atoms with Gasteiger partial charge in [-0.25, -0.2) is 0 Å². The van der Waals surface area contributed by atoms with E-state index in [0.717, 1.165) is 9.80 Å². The molecule has 3 fully saturated rings. The molecule has 9 nitrogen and oxygen atoms in total. The summed E-state index contributed by atoms with van der Waals surface area (Å²) in [5.41, 5.74) is -2.54. The Labute approximate surface area is 194 Å². The van der Waals surface area contributed by atoms with Gasteiger partial charge in [0.1, 0.15) is 5.76 Å². The van der Waals surface area contributed by atoms with Gasteiger partial charge in [-0.05, 0) is 24.3 Å². The van der Waals surface area contributed by atoms with Crippen molar-refractivity contribution in [2.45, 2.75) is 11.0 Å². The number of nitrogens with one attached hydrogen (secondary N) is 1. The molecule has 0 radical (unpaired) electrons. The molecule has 2 unspecified atom stereocenters. The third-order valence-electron chi connectivity index (χ3n) is 8.06. The highest BCUT2D eigenvalue weighted by molar-refractivity contribution is 6.14. The molecule has 1 aromatic carbocycles. The first kappa shape index (κ1) is 20.6. The molecule has 9 heteroatoms. The maximum atomic E-state index is 13.5. The van der Waals surface area contributed by atoms with Crippen LogP contribution in [0.1, 0.15) is 16.1 Å². The molecule has 0 spiro atoms. The monoisotopic (exact) mass is 459 g/mol. The first-order chi connectivity index (χ1) is 16.3. The molecule has 2 saturated heterocycles. The Morgan fingerprint density at radius 2 is 1.35 bits per heavy atom. The lowest BCUT2D eigenvalue weighted by Crippen LogP contribution is -2.73. The Morgan fingerprint density at radius 3 is 1.88 bits per heavy atom. The van der Waals surface area contributed by atoms with Gasteiger partial charge in [0.2, 0.25) is 23.6 Å². The van der Waals surface area contributed by atoms with Crippen LogP contribution in [0.2, 0.25) is 0 Å². The largest absolute Gasteiger partial charge is 0.468 e. The molecule has 1 N–H and O–H groups in total. The van der Waals surface area contributed by atoms with Crippen LogP contribution in [0, 0.1) is 23.7 Å². The smallest absolute Gasteiger partial charge is 0.252 e. The normalized spacial score (nSPS) is 35.7. The number of carbonyl (C=O) groups excluding carboxylic acids is 5. The van der Waals surface area contributed by atoms with Crippen LogP contribution in [0.5, 0.6) is 0 Å². The quantitative estimate of drug-likeness (QED) is 0.534. The molecular formula is C25H21N3O6.